The van der Waals surface area contributed by atoms with E-state index in [0.717, 1.165) is 27.9 Å². The molecule has 27 heavy (non-hydrogen) atoms. The van der Waals surface area contributed by atoms with Crippen LogP contribution in [0.4, 0.5) is 0 Å². The maximum Gasteiger partial charge on any atom is 0.231 e. The van der Waals surface area contributed by atoms with Gasteiger partial charge in [-0.1, -0.05) is 47.0 Å². The van der Waals surface area contributed by atoms with Crippen molar-refractivity contribution in [3.8, 4) is 11.5 Å². The number of carbonyl (C=O) groups is 1. The predicted octanol–water partition coefficient (Wildman–Crippen LogP) is 5.16. The van der Waals surface area contributed by atoms with Gasteiger partial charge in [0, 0.05) is 17.1 Å². The average Bonchev–Trinajstić information content (AvgIpc) is 3.32. The van der Waals surface area contributed by atoms with Gasteiger partial charge in [0.2, 0.25) is 5.78 Å². The standard InChI is InChI=1S/C22H20BrNO3/c23-18-8-4-1-5-14(18)11-20-21(25)16-9-10-19-17(22(16)27-20)12-24(13-26-19)15-6-2-3-7-15/h1,4-5,8-11,15H,2-3,6-7,12-13H2/b20-11-. The Bertz CT molecular complexity index is 947. The minimum atomic E-state index is -0.0680. The van der Waals surface area contributed by atoms with Gasteiger partial charge in [-0.05, 0) is 42.7 Å². The molecule has 4 nitrogen and oxygen atoms in total. The number of fused-ring (bicyclic) bond motifs is 3. The van der Waals surface area contributed by atoms with E-state index in [-0.39, 0.29) is 5.78 Å². The molecule has 0 radical (unpaired) electrons. The molecule has 5 rings (SSSR count). The molecule has 5 heteroatoms. The van der Waals surface area contributed by atoms with E-state index in [1.807, 2.05) is 36.4 Å². The van der Waals surface area contributed by atoms with Crippen LogP contribution < -0.4 is 9.47 Å². The third kappa shape index (κ3) is 2.99. The van der Waals surface area contributed by atoms with Crippen molar-refractivity contribution in [1.29, 1.82) is 0 Å². The smallest absolute Gasteiger partial charge is 0.231 e. The summed E-state index contributed by atoms with van der Waals surface area (Å²) in [6.07, 6.45) is 6.82. The summed E-state index contributed by atoms with van der Waals surface area (Å²) in [6.45, 7) is 1.39. The van der Waals surface area contributed by atoms with Crippen LogP contribution in [-0.4, -0.2) is 23.5 Å². The van der Waals surface area contributed by atoms with Crippen LogP contribution in [0.1, 0.15) is 47.2 Å². The number of hydrogen-bond donors (Lipinski definition) is 0. The number of benzene rings is 2. The van der Waals surface area contributed by atoms with Crippen molar-refractivity contribution in [2.45, 2.75) is 38.3 Å². The number of carbonyl (C=O) groups excluding carboxylic acids is 1. The molecule has 0 unspecified atom stereocenters. The second-order valence-electron chi connectivity index (χ2n) is 7.34. The molecule has 0 N–H and O–H groups in total. The zero-order valence-corrected chi connectivity index (χ0v) is 16.5. The first kappa shape index (κ1) is 17.0. The molecule has 0 bridgehead atoms. The lowest BCUT2D eigenvalue weighted by Gasteiger charge is -2.33. The van der Waals surface area contributed by atoms with E-state index in [1.165, 1.54) is 25.7 Å². The van der Waals surface area contributed by atoms with Gasteiger partial charge in [0.25, 0.3) is 0 Å². The Kier molecular flexibility index (Phi) is 4.29. The fourth-order valence-electron chi connectivity index (χ4n) is 4.21. The lowest BCUT2D eigenvalue weighted by Crippen LogP contribution is -2.39. The molecule has 0 saturated heterocycles. The molecule has 2 heterocycles. The summed E-state index contributed by atoms with van der Waals surface area (Å²) < 4.78 is 13.0. The number of rotatable bonds is 2. The van der Waals surface area contributed by atoms with Crippen molar-refractivity contribution in [2.24, 2.45) is 0 Å². The van der Waals surface area contributed by atoms with Crippen molar-refractivity contribution >= 4 is 27.8 Å². The predicted molar refractivity (Wildman–Crippen MR) is 107 cm³/mol. The third-order valence-electron chi connectivity index (χ3n) is 5.68. The first-order chi connectivity index (χ1) is 13.2. The van der Waals surface area contributed by atoms with Gasteiger partial charge >= 0.3 is 0 Å². The van der Waals surface area contributed by atoms with Gasteiger partial charge in [0.05, 0.1) is 11.1 Å². The van der Waals surface area contributed by atoms with Crippen molar-refractivity contribution in [3.05, 3.63) is 63.3 Å². The molecular formula is C22H20BrNO3. The van der Waals surface area contributed by atoms with Gasteiger partial charge in [0.1, 0.15) is 18.2 Å². The quantitative estimate of drug-likeness (QED) is 0.622. The molecular weight excluding hydrogens is 406 g/mol. The molecule has 0 amide bonds. The molecule has 138 valence electrons. The van der Waals surface area contributed by atoms with Gasteiger partial charge in [-0.3, -0.25) is 9.69 Å². The number of halogens is 1. The Morgan fingerprint density at radius 3 is 2.74 bits per heavy atom. The molecule has 0 atom stereocenters. The molecule has 2 aromatic carbocycles. The van der Waals surface area contributed by atoms with Crippen LogP contribution in [0.5, 0.6) is 11.5 Å². The SMILES string of the molecule is O=C1/C(=C/c2ccccc2Br)Oc2c1ccc1c2CN(C2CCCC2)CO1. The molecule has 2 aromatic rings. The zero-order chi connectivity index (χ0) is 18.4. The maximum absolute atomic E-state index is 12.9. The minimum Gasteiger partial charge on any atom is -0.478 e. The zero-order valence-electron chi connectivity index (χ0n) is 14.9. The highest BCUT2D eigenvalue weighted by Crippen LogP contribution is 2.43. The molecule has 2 aliphatic heterocycles. The average molecular weight is 426 g/mol. The summed E-state index contributed by atoms with van der Waals surface area (Å²) in [5.74, 6) is 1.79. The van der Waals surface area contributed by atoms with E-state index >= 15 is 0 Å². The largest absolute Gasteiger partial charge is 0.478 e. The van der Waals surface area contributed by atoms with E-state index < -0.39 is 0 Å². The summed E-state index contributed by atoms with van der Waals surface area (Å²) in [7, 11) is 0. The summed E-state index contributed by atoms with van der Waals surface area (Å²) in [5.41, 5.74) is 2.55. The van der Waals surface area contributed by atoms with Crippen molar-refractivity contribution < 1.29 is 14.3 Å². The fourth-order valence-corrected chi connectivity index (χ4v) is 4.61. The van der Waals surface area contributed by atoms with Crippen molar-refractivity contribution in [1.82, 2.24) is 4.90 Å². The Labute approximate surface area is 166 Å². The number of allylic oxidation sites excluding steroid dienone is 1. The Hall–Kier alpha value is -2.11. The highest BCUT2D eigenvalue weighted by atomic mass is 79.9. The molecule has 3 aliphatic rings. The highest BCUT2D eigenvalue weighted by Gasteiger charge is 2.35. The normalized spacial score (nSPS) is 21.1. The summed E-state index contributed by atoms with van der Waals surface area (Å²) in [5, 5.41) is 0. The van der Waals surface area contributed by atoms with Gasteiger partial charge in [-0.15, -0.1) is 0 Å². The van der Waals surface area contributed by atoms with E-state index in [0.29, 0.717) is 29.8 Å². The molecule has 1 saturated carbocycles. The molecule has 1 fully saturated rings. The van der Waals surface area contributed by atoms with E-state index in [2.05, 4.69) is 20.8 Å². The summed E-state index contributed by atoms with van der Waals surface area (Å²) in [6, 6.07) is 12.1. The van der Waals surface area contributed by atoms with Gasteiger partial charge in [-0.25, -0.2) is 0 Å². The van der Waals surface area contributed by atoms with Crippen molar-refractivity contribution in [2.75, 3.05) is 6.73 Å². The first-order valence-electron chi connectivity index (χ1n) is 9.42. The van der Waals surface area contributed by atoms with Gasteiger partial charge in [-0.2, -0.15) is 0 Å². The van der Waals surface area contributed by atoms with E-state index in [1.54, 1.807) is 6.08 Å². The summed E-state index contributed by atoms with van der Waals surface area (Å²) >= 11 is 3.53. The minimum absolute atomic E-state index is 0.0680. The fraction of sp³-hybridized carbons (Fsp3) is 0.318. The second kappa shape index (κ2) is 6.80. The topological polar surface area (TPSA) is 38.8 Å². The van der Waals surface area contributed by atoms with Crippen LogP contribution >= 0.6 is 15.9 Å². The van der Waals surface area contributed by atoms with Crippen LogP contribution in [-0.2, 0) is 6.54 Å². The van der Waals surface area contributed by atoms with Gasteiger partial charge < -0.3 is 9.47 Å². The third-order valence-corrected chi connectivity index (χ3v) is 6.40. The number of Topliss-reactive ketones (excluding diaryl/α,β-unsaturated/α-hetero) is 1. The number of nitrogens with zero attached hydrogens (tertiary/aromatic N) is 1. The maximum atomic E-state index is 12.9. The van der Waals surface area contributed by atoms with Crippen LogP contribution in [0.15, 0.2) is 46.6 Å². The van der Waals surface area contributed by atoms with Crippen LogP contribution in [0.2, 0.25) is 0 Å². The Morgan fingerprint density at radius 2 is 1.93 bits per heavy atom. The van der Waals surface area contributed by atoms with Gasteiger partial charge in [0.15, 0.2) is 5.76 Å². The Balaban J connectivity index is 1.49. The molecule has 0 spiro atoms. The van der Waals surface area contributed by atoms with Crippen molar-refractivity contribution in [3.63, 3.8) is 0 Å². The number of ketones is 1. The lowest BCUT2D eigenvalue weighted by molar-refractivity contribution is 0.0567. The van der Waals surface area contributed by atoms with E-state index in [4.69, 9.17) is 9.47 Å². The van der Waals surface area contributed by atoms with E-state index in [9.17, 15) is 4.79 Å². The lowest BCUT2D eigenvalue weighted by atomic mass is 10.0. The number of ether oxygens (including phenoxy) is 2. The highest BCUT2D eigenvalue weighted by molar-refractivity contribution is 9.10. The Morgan fingerprint density at radius 1 is 1.11 bits per heavy atom. The monoisotopic (exact) mass is 425 g/mol. The summed E-state index contributed by atoms with van der Waals surface area (Å²) in [4.78, 5) is 15.2. The molecule has 1 aliphatic carbocycles. The number of hydrogen-bond acceptors (Lipinski definition) is 4. The van der Waals surface area contributed by atoms with Crippen LogP contribution in [0, 0.1) is 0 Å². The second-order valence-corrected chi connectivity index (χ2v) is 8.19. The molecule has 0 aromatic heterocycles. The first-order valence-corrected chi connectivity index (χ1v) is 10.2. The van der Waals surface area contributed by atoms with Crippen LogP contribution in [0.3, 0.4) is 0 Å². The van der Waals surface area contributed by atoms with Crippen LogP contribution in [0.25, 0.3) is 6.08 Å².